The predicted octanol–water partition coefficient (Wildman–Crippen LogP) is 3.58. The molecule has 9 heteroatoms. The number of aromatic nitrogens is 1. The number of carbonyl (C=O) groups is 2. The van der Waals surface area contributed by atoms with Gasteiger partial charge in [0.1, 0.15) is 4.53 Å². The van der Waals surface area contributed by atoms with Crippen LogP contribution >= 0.6 is 22.9 Å². The van der Waals surface area contributed by atoms with Gasteiger partial charge in [-0.1, -0.05) is 60.2 Å². The van der Waals surface area contributed by atoms with Crippen LogP contribution in [0.3, 0.4) is 0 Å². The molecule has 0 saturated carbocycles. The minimum Gasteiger partial charge on any atom is -0.463 e. The number of ether oxygens (including phenoxy) is 1. The number of carbonyl (C=O) groups excluding carboxylic acids is 2. The Morgan fingerprint density at radius 1 is 1.11 bits per heavy atom. The molecule has 3 heterocycles. The first-order valence-electron chi connectivity index (χ1n) is 11.8. The van der Waals surface area contributed by atoms with Crippen LogP contribution in [0.2, 0.25) is 5.02 Å². The Kier molecular flexibility index (Phi) is 6.40. The summed E-state index contributed by atoms with van der Waals surface area (Å²) < 4.78 is 7.13. The average Bonchev–Trinajstić information content (AvgIpc) is 3.32. The van der Waals surface area contributed by atoms with Gasteiger partial charge in [-0.3, -0.25) is 14.2 Å². The SMILES string of the molecule is CCCN1C(=O)C(=c2sc3n(c2=O)C(c2ccc(Cl)cc2)C(C(=O)OCC)=C(C)N=3)c2ccccc21. The first-order valence-corrected chi connectivity index (χ1v) is 13.0. The van der Waals surface area contributed by atoms with Gasteiger partial charge in [0.15, 0.2) is 4.80 Å². The third-order valence-corrected chi connectivity index (χ3v) is 7.58. The van der Waals surface area contributed by atoms with Crippen molar-refractivity contribution >= 4 is 46.1 Å². The van der Waals surface area contributed by atoms with E-state index in [1.54, 1.807) is 43.0 Å². The van der Waals surface area contributed by atoms with E-state index in [9.17, 15) is 14.4 Å². The number of rotatable bonds is 5. The quantitative estimate of drug-likeness (QED) is 0.481. The molecule has 184 valence electrons. The lowest BCUT2D eigenvalue weighted by Gasteiger charge is -2.24. The Balaban J connectivity index is 1.81. The number of benzene rings is 2. The zero-order valence-electron chi connectivity index (χ0n) is 20.1. The van der Waals surface area contributed by atoms with Crippen molar-refractivity contribution < 1.29 is 14.3 Å². The predicted molar refractivity (Wildman–Crippen MR) is 140 cm³/mol. The number of amides is 1. The van der Waals surface area contributed by atoms with E-state index in [0.717, 1.165) is 17.7 Å². The summed E-state index contributed by atoms with van der Waals surface area (Å²) in [6, 6.07) is 13.7. The fourth-order valence-corrected chi connectivity index (χ4v) is 6.01. The number of nitrogens with zero attached hydrogens (tertiary/aromatic N) is 3. The fraction of sp³-hybridized carbons (Fsp3) is 0.259. The van der Waals surface area contributed by atoms with E-state index >= 15 is 0 Å². The number of para-hydroxylation sites is 1. The summed E-state index contributed by atoms with van der Waals surface area (Å²) in [5, 5.41) is 0.538. The van der Waals surface area contributed by atoms with Gasteiger partial charge in [-0.2, -0.15) is 0 Å². The molecular formula is C27H24ClN3O4S. The molecule has 1 unspecified atom stereocenters. The maximum Gasteiger partial charge on any atom is 0.338 e. The molecule has 1 aromatic heterocycles. The second-order valence-electron chi connectivity index (χ2n) is 8.52. The van der Waals surface area contributed by atoms with E-state index in [1.165, 1.54) is 15.9 Å². The van der Waals surface area contributed by atoms with Crippen LogP contribution in [-0.2, 0) is 14.3 Å². The summed E-state index contributed by atoms with van der Waals surface area (Å²) >= 11 is 7.28. The highest BCUT2D eigenvalue weighted by Crippen LogP contribution is 2.35. The molecule has 0 bridgehead atoms. The number of allylic oxidation sites excluding steroid dienone is 1. The molecule has 3 aromatic rings. The number of fused-ring (bicyclic) bond motifs is 2. The van der Waals surface area contributed by atoms with Crippen molar-refractivity contribution in [1.29, 1.82) is 0 Å². The maximum absolute atomic E-state index is 14.0. The molecule has 2 aliphatic heterocycles. The second kappa shape index (κ2) is 9.52. The summed E-state index contributed by atoms with van der Waals surface area (Å²) in [4.78, 5) is 47.4. The molecule has 36 heavy (non-hydrogen) atoms. The fourth-order valence-electron chi connectivity index (χ4n) is 4.75. The third-order valence-electron chi connectivity index (χ3n) is 6.28. The molecular weight excluding hydrogens is 498 g/mol. The van der Waals surface area contributed by atoms with Crippen molar-refractivity contribution in [2.45, 2.75) is 33.2 Å². The van der Waals surface area contributed by atoms with Crippen molar-refractivity contribution in [3.63, 3.8) is 0 Å². The molecule has 1 atom stereocenters. The molecule has 1 amide bonds. The summed E-state index contributed by atoms with van der Waals surface area (Å²) in [6.45, 7) is 6.21. The minimum absolute atomic E-state index is 0.191. The van der Waals surface area contributed by atoms with Crippen molar-refractivity contribution in [2.75, 3.05) is 18.1 Å². The normalized spacial score (nSPS) is 18.2. The molecule has 0 radical (unpaired) electrons. The van der Waals surface area contributed by atoms with Crippen LogP contribution in [0.4, 0.5) is 5.69 Å². The van der Waals surface area contributed by atoms with Gasteiger partial charge in [-0.05, 0) is 44.0 Å². The topological polar surface area (TPSA) is 81.0 Å². The van der Waals surface area contributed by atoms with Crippen LogP contribution in [0.1, 0.15) is 44.4 Å². The first-order chi connectivity index (χ1) is 17.4. The van der Waals surface area contributed by atoms with Crippen molar-refractivity contribution in [3.05, 3.63) is 95.6 Å². The zero-order valence-corrected chi connectivity index (χ0v) is 21.7. The summed E-state index contributed by atoms with van der Waals surface area (Å²) in [6.07, 6.45) is 0.785. The van der Waals surface area contributed by atoms with Crippen molar-refractivity contribution in [3.8, 4) is 0 Å². The molecule has 0 fully saturated rings. The minimum atomic E-state index is -0.759. The molecule has 0 N–H and O–H groups in total. The van der Waals surface area contributed by atoms with Crippen LogP contribution < -0.4 is 19.8 Å². The molecule has 0 spiro atoms. The largest absolute Gasteiger partial charge is 0.463 e. The van der Waals surface area contributed by atoms with E-state index in [0.29, 0.717) is 37.7 Å². The van der Waals surface area contributed by atoms with E-state index in [2.05, 4.69) is 4.99 Å². The molecule has 2 aromatic carbocycles. The van der Waals surface area contributed by atoms with Crippen LogP contribution in [0.15, 0.2) is 69.6 Å². The number of esters is 1. The average molecular weight is 522 g/mol. The van der Waals surface area contributed by atoms with Gasteiger partial charge in [0.2, 0.25) is 0 Å². The Labute approximate surface area is 216 Å². The van der Waals surface area contributed by atoms with Gasteiger partial charge in [0.05, 0.1) is 35.2 Å². The Hall–Kier alpha value is -3.49. The highest BCUT2D eigenvalue weighted by Gasteiger charge is 2.37. The van der Waals surface area contributed by atoms with E-state index < -0.39 is 12.0 Å². The molecule has 5 rings (SSSR count). The molecule has 0 saturated heterocycles. The summed E-state index contributed by atoms with van der Waals surface area (Å²) in [5.41, 5.74) is 2.97. The monoisotopic (exact) mass is 521 g/mol. The maximum atomic E-state index is 14.0. The molecule has 7 nitrogen and oxygen atoms in total. The van der Waals surface area contributed by atoms with Crippen molar-refractivity contribution in [1.82, 2.24) is 4.57 Å². The smallest absolute Gasteiger partial charge is 0.338 e. The van der Waals surface area contributed by atoms with Gasteiger partial charge < -0.3 is 9.64 Å². The second-order valence-corrected chi connectivity index (χ2v) is 9.94. The standard InChI is InChI=1S/C27H24ClN3O4S/c1-4-14-30-19-9-7-6-8-18(19)21(24(30)32)23-25(33)31-22(16-10-12-17(28)13-11-16)20(26(34)35-5-2)15(3)29-27(31)36-23/h6-13,22H,4-5,14H2,1-3H3. The van der Waals surface area contributed by atoms with E-state index in [1.807, 2.05) is 31.2 Å². The van der Waals surface area contributed by atoms with Crippen LogP contribution in [-0.4, -0.2) is 29.6 Å². The number of halogens is 1. The van der Waals surface area contributed by atoms with Crippen molar-refractivity contribution in [2.24, 2.45) is 4.99 Å². The van der Waals surface area contributed by atoms with Crippen LogP contribution in [0, 0.1) is 0 Å². The van der Waals surface area contributed by atoms with E-state index in [4.69, 9.17) is 16.3 Å². The Morgan fingerprint density at radius 2 is 1.83 bits per heavy atom. The summed E-state index contributed by atoms with van der Waals surface area (Å²) in [5.74, 6) is -0.735. The van der Waals surface area contributed by atoms with Gasteiger partial charge in [0, 0.05) is 17.1 Å². The van der Waals surface area contributed by atoms with E-state index in [-0.39, 0.29) is 23.6 Å². The highest BCUT2D eigenvalue weighted by atomic mass is 35.5. The van der Waals surface area contributed by atoms with Gasteiger partial charge >= 0.3 is 5.97 Å². The molecule has 0 aliphatic carbocycles. The number of hydrogen-bond donors (Lipinski definition) is 0. The Bertz CT molecular complexity index is 1600. The number of anilines is 1. The lowest BCUT2D eigenvalue weighted by molar-refractivity contribution is -0.139. The zero-order chi connectivity index (χ0) is 25.6. The molecule has 2 aliphatic rings. The van der Waals surface area contributed by atoms with Crippen LogP contribution in [0.25, 0.3) is 5.57 Å². The van der Waals surface area contributed by atoms with Gasteiger partial charge in [-0.15, -0.1) is 0 Å². The highest BCUT2D eigenvalue weighted by molar-refractivity contribution is 7.07. The lowest BCUT2D eigenvalue weighted by Crippen LogP contribution is -2.41. The summed E-state index contributed by atoms with van der Waals surface area (Å²) in [7, 11) is 0. The Morgan fingerprint density at radius 3 is 2.53 bits per heavy atom. The van der Waals surface area contributed by atoms with Gasteiger partial charge in [-0.25, -0.2) is 9.79 Å². The first kappa shape index (κ1) is 24.2. The number of thiazole rings is 1. The third kappa shape index (κ3) is 3.81. The lowest BCUT2D eigenvalue weighted by atomic mass is 9.96. The van der Waals surface area contributed by atoms with Gasteiger partial charge in [0.25, 0.3) is 11.5 Å². The van der Waals surface area contributed by atoms with Crippen LogP contribution in [0.5, 0.6) is 0 Å². The number of hydrogen-bond acceptors (Lipinski definition) is 6.